The minimum absolute atomic E-state index is 0.0495. The summed E-state index contributed by atoms with van der Waals surface area (Å²) >= 11 is 0. The van der Waals surface area contributed by atoms with E-state index >= 15 is 0 Å². The fraction of sp³-hybridized carbons (Fsp3) is 0.261. The molecule has 2 amide bonds. The molecule has 0 bridgehead atoms. The summed E-state index contributed by atoms with van der Waals surface area (Å²) in [5.74, 6) is -0.831. The van der Waals surface area contributed by atoms with Gasteiger partial charge < -0.3 is 18.9 Å². The van der Waals surface area contributed by atoms with Crippen molar-refractivity contribution in [2.75, 3.05) is 25.8 Å². The van der Waals surface area contributed by atoms with Gasteiger partial charge in [0.25, 0.3) is 11.8 Å². The van der Waals surface area contributed by atoms with Gasteiger partial charge >= 0.3 is 5.97 Å². The first kappa shape index (κ1) is 22.7. The van der Waals surface area contributed by atoms with Crippen LogP contribution >= 0.6 is 0 Å². The zero-order valence-electron chi connectivity index (χ0n) is 18.2. The number of nitrogens with one attached hydrogen (secondary N) is 1. The summed E-state index contributed by atoms with van der Waals surface area (Å²) < 4.78 is 21.5. The van der Waals surface area contributed by atoms with E-state index in [2.05, 4.69) is 5.43 Å². The molecule has 1 aliphatic rings. The van der Waals surface area contributed by atoms with Crippen molar-refractivity contribution in [3.8, 4) is 17.2 Å². The fourth-order valence-electron chi connectivity index (χ4n) is 3.07. The second-order valence-electron chi connectivity index (χ2n) is 6.74. The van der Waals surface area contributed by atoms with Gasteiger partial charge in [-0.1, -0.05) is 18.2 Å². The predicted molar refractivity (Wildman–Crippen MR) is 116 cm³/mol. The molecule has 32 heavy (non-hydrogen) atoms. The van der Waals surface area contributed by atoms with Gasteiger partial charge in [0.15, 0.2) is 17.6 Å². The molecule has 2 aromatic rings. The Balaban J connectivity index is 1.93. The van der Waals surface area contributed by atoms with Crippen molar-refractivity contribution >= 4 is 29.5 Å². The summed E-state index contributed by atoms with van der Waals surface area (Å²) in [6.45, 7) is 3.48. The number of para-hydroxylation sites is 1. The van der Waals surface area contributed by atoms with Gasteiger partial charge in [-0.3, -0.25) is 15.0 Å². The topological polar surface area (TPSA) is 103 Å². The second-order valence-corrected chi connectivity index (χ2v) is 6.74. The number of nitrogens with zero attached hydrogens (tertiary/aromatic N) is 1. The molecule has 0 spiro atoms. The van der Waals surface area contributed by atoms with Crippen molar-refractivity contribution in [2.45, 2.75) is 20.0 Å². The monoisotopic (exact) mass is 440 g/mol. The van der Waals surface area contributed by atoms with Crippen LogP contribution in [-0.2, 0) is 19.1 Å². The van der Waals surface area contributed by atoms with Gasteiger partial charge in [-0.15, -0.1) is 0 Å². The fourth-order valence-corrected chi connectivity index (χ4v) is 3.07. The highest BCUT2D eigenvalue weighted by Gasteiger charge is 2.34. The zero-order valence-corrected chi connectivity index (χ0v) is 18.2. The number of benzene rings is 2. The van der Waals surface area contributed by atoms with Gasteiger partial charge in [0.05, 0.1) is 26.5 Å². The molecule has 168 valence electrons. The minimum Gasteiger partial charge on any atom is -0.493 e. The molecule has 9 heteroatoms. The Morgan fingerprint density at radius 2 is 1.72 bits per heavy atom. The third-order valence-electron chi connectivity index (χ3n) is 4.61. The lowest BCUT2D eigenvalue weighted by molar-refractivity contribution is -0.150. The van der Waals surface area contributed by atoms with E-state index in [9.17, 15) is 14.4 Å². The number of esters is 1. The van der Waals surface area contributed by atoms with Crippen molar-refractivity contribution in [2.24, 2.45) is 0 Å². The number of anilines is 1. The molecule has 0 radical (unpaired) electrons. The van der Waals surface area contributed by atoms with E-state index < -0.39 is 23.9 Å². The maximum Gasteiger partial charge on any atom is 0.347 e. The van der Waals surface area contributed by atoms with Crippen LogP contribution in [0.3, 0.4) is 0 Å². The maximum absolute atomic E-state index is 12.8. The van der Waals surface area contributed by atoms with Crippen molar-refractivity contribution < 1.29 is 33.3 Å². The van der Waals surface area contributed by atoms with Crippen LogP contribution in [0.4, 0.5) is 5.69 Å². The molecule has 0 unspecified atom stereocenters. The first-order chi connectivity index (χ1) is 15.4. The van der Waals surface area contributed by atoms with Crippen LogP contribution in [0, 0.1) is 0 Å². The van der Waals surface area contributed by atoms with E-state index in [1.165, 1.54) is 25.3 Å². The Bertz CT molecular complexity index is 1020. The highest BCUT2D eigenvalue weighted by molar-refractivity contribution is 6.31. The Morgan fingerprint density at radius 1 is 1.09 bits per heavy atom. The summed E-state index contributed by atoms with van der Waals surface area (Å²) in [4.78, 5) is 37.2. The highest BCUT2D eigenvalue weighted by Crippen LogP contribution is 2.40. The molecule has 1 N–H and O–H groups in total. The average Bonchev–Trinajstić information content (AvgIpc) is 3.08. The first-order valence-corrected chi connectivity index (χ1v) is 9.91. The van der Waals surface area contributed by atoms with E-state index in [4.69, 9.17) is 18.9 Å². The number of hydrogen-bond acceptors (Lipinski definition) is 7. The summed E-state index contributed by atoms with van der Waals surface area (Å²) in [7, 11) is 2.86. The second kappa shape index (κ2) is 9.86. The third-order valence-corrected chi connectivity index (χ3v) is 4.61. The van der Waals surface area contributed by atoms with Crippen molar-refractivity contribution in [3.63, 3.8) is 0 Å². The lowest BCUT2D eigenvalue weighted by atomic mass is 10.1. The summed E-state index contributed by atoms with van der Waals surface area (Å²) in [6.07, 6.45) is 0.535. The minimum atomic E-state index is -0.899. The smallest absolute Gasteiger partial charge is 0.347 e. The van der Waals surface area contributed by atoms with Gasteiger partial charge in [0.1, 0.15) is 5.57 Å². The number of hydrazine groups is 1. The zero-order chi connectivity index (χ0) is 23.3. The normalized spacial score (nSPS) is 15.4. The molecule has 2 aromatic carbocycles. The highest BCUT2D eigenvalue weighted by atomic mass is 16.6. The average molecular weight is 440 g/mol. The summed E-state index contributed by atoms with van der Waals surface area (Å²) in [5, 5.41) is 1.18. The van der Waals surface area contributed by atoms with Gasteiger partial charge in [-0.05, 0) is 49.8 Å². The predicted octanol–water partition coefficient (Wildman–Crippen LogP) is 2.50. The lowest BCUT2D eigenvalue weighted by Gasteiger charge is -2.18. The number of carbonyl (C=O) groups is 3. The number of rotatable bonds is 8. The van der Waals surface area contributed by atoms with Crippen LogP contribution in [0.5, 0.6) is 17.2 Å². The van der Waals surface area contributed by atoms with Crippen LogP contribution in [0.2, 0.25) is 0 Å². The van der Waals surface area contributed by atoms with Crippen molar-refractivity contribution in [1.29, 1.82) is 0 Å². The standard InChI is InChI=1S/C23H24N2O7/c1-5-31-23(28)14(2)32-20-18(29-3)12-15(13-19(20)30-4)11-17-21(26)24-25(22(17)27)16-9-7-6-8-10-16/h6-14H,5H2,1-4H3,(H,24,26)/b17-11-/t14-/m1/s1. The molecule has 1 saturated heterocycles. The van der Waals surface area contributed by atoms with Gasteiger partial charge in [-0.2, -0.15) is 0 Å². The van der Waals surface area contributed by atoms with Gasteiger partial charge in [0.2, 0.25) is 5.75 Å². The lowest BCUT2D eigenvalue weighted by Crippen LogP contribution is -2.35. The molecular weight excluding hydrogens is 416 g/mol. The molecule has 3 rings (SSSR count). The van der Waals surface area contributed by atoms with Gasteiger partial charge in [0, 0.05) is 0 Å². The Kier molecular flexibility index (Phi) is 6.99. The van der Waals surface area contributed by atoms with E-state index in [0.29, 0.717) is 11.3 Å². The van der Waals surface area contributed by atoms with Gasteiger partial charge in [-0.25, -0.2) is 9.80 Å². The molecule has 1 aliphatic heterocycles. The Hall–Kier alpha value is -4.01. The van der Waals surface area contributed by atoms with Crippen molar-refractivity contribution in [1.82, 2.24) is 5.43 Å². The molecule has 9 nitrogen and oxygen atoms in total. The summed E-state index contributed by atoms with van der Waals surface area (Å²) in [6, 6.07) is 11.9. The molecule has 1 heterocycles. The SMILES string of the molecule is CCOC(=O)[C@@H](C)Oc1c(OC)cc(/C=C2/C(=O)NN(c3ccccc3)C2=O)cc1OC. The molecule has 0 aromatic heterocycles. The first-order valence-electron chi connectivity index (χ1n) is 9.91. The summed E-state index contributed by atoms with van der Waals surface area (Å²) in [5.41, 5.74) is 3.52. The number of carbonyl (C=O) groups excluding carboxylic acids is 3. The molecule has 0 aliphatic carbocycles. The quantitative estimate of drug-likeness (QED) is 0.382. The number of methoxy groups -OCH3 is 2. The number of hydrogen-bond donors (Lipinski definition) is 1. The van der Waals surface area contributed by atoms with Crippen LogP contribution < -0.4 is 24.6 Å². The van der Waals surface area contributed by atoms with E-state index in [1.807, 2.05) is 6.07 Å². The third kappa shape index (κ3) is 4.66. The van der Waals surface area contributed by atoms with E-state index in [-0.39, 0.29) is 29.4 Å². The van der Waals surface area contributed by atoms with Crippen LogP contribution in [0.1, 0.15) is 19.4 Å². The number of ether oxygens (including phenoxy) is 4. The number of amides is 2. The molecule has 1 fully saturated rings. The Labute approximate surface area is 185 Å². The van der Waals surface area contributed by atoms with Crippen LogP contribution in [0.15, 0.2) is 48.0 Å². The van der Waals surface area contributed by atoms with Crippen LogP contribution in [0.25, 0.3) is 6.08 Å². The largest absolute Gasteiger partial charge is 0.493 e. The molecule has 0 saturated carbocycles. The van der Waals surface area contributed by atoms with E-state index in [1.54, 1.807) is 50.2 Å². The van der Waals surface area contributed by atoms with Crippen LogP contribution in [-0.4, -0.2) is 44.7 Å². The maximum atomic E-state index is 12.8. The van der Waals surface area contributed by atoms with E-state index in [0.717, 1.165) is 0 Å². The van der Waals surface area contributed by atoms with Crippen molar-refractivity contribution in [3.05, 3.63) is 53.6 Å². The molecular formula is C23H24N2O7. The Morgan fingerprint density at radius 3 is 2.28 bits per heavy atom. The molecule has 1 atom stereocenters.